The number of nitrogens with zero attached hydrogens (tertiary/aromatic N) is 4. The van der Waals surface area contributed by atoms with Gasteiger partial charge in [-0.05, 0) is 37.3 Å². The third-order valence-corrected chi connectivity index (χ3v) is 5.93. The summed E-state index contributed by atoms with van der Waals surface area (Å²) in [7, 11) is 0. The van der Waals surface area contributed by atoms with Crippen LogP contribution >= 0.6 is 0 Å². The Morgan fingerprint density at radius 3 is 2.62 bits per heavy atom. The molecule has 0 N–H and O–H groups in total. The van der Waals surface area contributed by atoms with Gasteiger partial charge in [0.1, 0.15) is 0 Å². The molecule has 0 bridgehead atoms. The fourth-order valence-electron chi connectivity index (χ4n) is 4.36. The molecule has 2 aliphatic rings. The predicted octanol–water partition coefficient (Wildman–Crippen LogP) is 2.54. The normalized spacial score (nSPS) is 20.0. The Bertz CT molecular complexity index is 717. The van der Waals surface area contributed by atoms with Gasteiger partial charge in [0.2, 0.25) is 5.91 Å². The first-order chi connectivity index (χ1) is 12.7. The summed E-state index contributed by atoms with van der Waals surface area (Å²) in [4.78, 5) is 21.5. The molecule has 4 rings (SSSR count). The van der Waals surface area contributed by atoms with E-state index in [9.17, 15) is 4.79 Å². The zero-order chi connectivity index (χ0) is 17.9. The number of hydrogen-bond acceptors (Lipinski definition) is 3. The van der Waals surface area contributed by atoms with Gasteiger partial charge in [-0.1, -0.05) is 24.3 Å². The summed E-state index contributed by atoms with van der Waals surface area (Å²) in [6.07, 6.45) is 9.41. The molecular formula is C21H28N4O. The monoisotopic (exact) mass is 352 g/mol. The van der Waals surface area contributed by atoms with Crippen LogP contribution in [0.2, 0.25) is 0 Å². The summed E-state index contributed by atoms with van der Waals surface area (Å²) in [5, 5.41) is 0. The molecule has 5 heteroatoms. The number of fused-ring (bicyclic) bond motifs is 1. The quantitative estimate of drug-likeness (QED) is 0.849. The second-order valence-corrected chi connectivity index (χ2v) is 7.66. The smallest absolute Gasteiger partial charge is 0.224 e. The topological polar surface area (TPSA) is 41.4 Å². The van der Waals surface area contributed by atoms with Crippen molar-refractivity contribution in [2.45, 2.75) is 44.7 Å². The third-order valence-electron chi connectivity index (χ3n) is 5.93. The number of carbonyl (C=O) groups excluding carboxylic acids is 1. The number of benzene rings is 1. The van der Waals surface area contributed by atoms with Crippen molar-refractivity contribution in [3.05, 3.63) is 54.1 Å². The maximum atomic E-state index is 12.7. The van der Waals surface area contributed by atoms with Gasteiger partial charge in [0.05, 0.1) is 6.33 Å². The van der Waals surface area contributed by atoms with Gasteiger partial charge in [-0.15, -0.1) is 0 Å². The van der Waals surface area contributed by atoms with Gasteiger partial charge in [-0.3, -0.25) is 9.69 Å². The molecule has 1 unspecified atom stereocenters. The van der Waals surface area contributed by atoms with Gasteiger partial charge in [0.25, 0.3) is 0 Å². The molecule has 1 aliphatic carbocycles. The SMILES string of the molecule is CC(CC(=O)N1CCCN(C2Cc3ccccc3C2)CC1)n1ccnc1. The number of imidazole rings is 1. The molecule has 2 aromatic rings. The molecule has 1 atom stereocenters. The van der Waals surface area contributed by atoms with Crippen molar-refractivity contribution >= 4 is 5.91 Å². The van der Waals surface area contributed by atoms with Gasteiger partial charge in [0.15, 0.2) is 0 Å². The van der Waals surface area contributed by atoms with E-state index in [1.165, 1.54) is 11.1 Å². The lowest BCUT2D eigenvalue weighted by atomic mass is 10.1. The van der Waals surface area contributed by atoms with Crippen LogP contribution in [0.3, 0.4) is 0 Å². The first-order valence-electron chi connectivity index (χ1n) is 9.77. The fraction of sp³-hybridized carbons (Fsp3) is 0.524. The predicted molar refractivity (Wildman–Crippen MR) is 102 cm³/mol. The molecule has 1 aliphatic heterocycles. The molecule has 0 spiro atoms. The van der Waals surface area contributed by atoms with Gasteiger partial charge in [-0.2, -0.15) is 0 Å². The van der Waals surface area contributed by atoms with E-state index in [2.05, 4.69) is 46.0 Å². The molecule has 1 saturated heterocycles. The molecule has 26 heavy (non-hydrogen) atoms. The molecule has 1 aromatic carbocycles. The Kier molecular flexibility index (Phi) is 5.07. The minimum absolute atomic E-state index is 0.161. The molecular weight excluding hydrogens is 324 g/mol. The Hall–Kier alpha value is -2.14. The van der Waals surface area contributed by atoms with Crippen LogP contribution in [-0.2, 0) is 17.6 Å². The number of aromatic nitrogens is 2. The summed E-state index contributed by atoms with van der Waals surface area (Å²) < 4.78 is 2.01. The summed E-state index contributed by atoms with van der Waals surface area (Å²) in [6, 6.07) is 9.58. The number of amides is 1. The Labute approximate surface area is 155 Å². The maximum Gasteiger partial charge on any atom is 0.224 e. The molecule has 1 fully saturated rings. The fourth-order valence-corrected chi connectivity index (χ4v) is 4.36. The minimum Gasteiger partial charge on any atom is -0.341 e. The van der Waals surface area contributed by atoms with Crippen LogP contribution in [0.25, 0.3) is 0 Å². The van der Waals surface area contributed by atoms with E-state index in [-0.39, 0.29) is 11.9 Å². The number of hydrogen-bond donors (Lipinski definition) is 0. The van der Waals surface area contributed by atoms with Crippen molar-refractivity contribution in [1.29, 1.82) is 0 Å². The van der Waals surface area contributed by atoms with E-state index >= 15 is 0 Å². The lowest BCUT2D eigenvalue weighted by Gasteiger charge is -2.27. The highest BCUT2D eigenvalue weighted by Crippen LogP contribution is 2.26. The van der Waals surface area contributed by atoms with Crippen molar-refractivity contribution in [2.24, 2.45) is 0 Å². The highest BCUT2D eigenvalue weighted by atomic mass is 16.2. The van der Waals surface area contributed by atoms with Crippen LogP contribution in [0.5, 0.6) is 0 Å². The van der Waals surface area contributed by atoms with Gasteiger partial charge < -0.3 is 9.47 Å². The summed E-state index contributed by atoms with van der Waals surface area (Å²) >= 11 is 0. The Morgan fingerprint density at radius 1 is 1.15 bits per heavy atom. The lowest BCUT2D eigenvalue weighted by molar-refractivity contribution is -0.131. The van der Waals surface area contributed by atoms with E-state index in [1.807, 2.05) is 10.8 Å². The lowest BCUT2D eigenvalue weighted by Crippen LogP contribution is -2.40. The Morgan fingerprint density at radius 2 is 1.92 bits per heavy atom. The van der Waals surface area contributed by atoms with Crippen LogP contribution in [0.4, 0.5) is 0 Å². The van der Waals surface area contributed by atoms with Crippen LogP contribution < -0.4 is 0 Å². The highest BCUT2D eigenvalue weighted by Gasteiger charge is 2.29. The van der Waals surface area contributed by atoms with Crippen molar-refractivity contribution in [3.8, 4) is 0 Å². The van der Waals surface area contributed by atoms with E-state index in [4.69, 9.17) is 0 Å². The number of rotatable bonds is 4. The minimum atomic E-state index is 0.161. The standard InChI is InChI=1S/C21H28N4O/c1-17(25-10-7-22-16-25)13-21(26)24-9-4-8-23(11-12-24)20-14-18-5-2-3-6-19(18)15-20/h2-3,5-7,10,16-17,20H,4,8-9,11-15H2,1H3. The third kappa shape index (κ3) is 3.68. The van der Waals surface area contributed by atoms with Crippen LogP contribution in [-0.4, -0.2) is 57.5 Å². The van der Waals surface area contributed by atoms with Gasteiger partial charge in [0, 0.05) is 57.1 Å². The van der Waals surface area contributed by atoms with Gasteiger partial charge in [-0.25, -0.2) is 4.98 Å². The molecule has 1 amide bonds. The Balaban J connectivity index is 1.32. The molecule has 1 aromatic heterocycles. The summed E-state index contributed by atoms with van der Waals surface area (Å²) in [6.45, 7) is 5.90. The summed E-state index contributed by atoms with van der Waals surface area (Å²) in [5.41, 5.74) is 3.01. The average Bonchev–Trinajstić information content (AvgIpc) is 3.26. The van der Waals surface area contributed by atoms with Crippen LogP contribution in [0.1, 0.15) is 36.9 Å². The highest BCUT2D eigenvalue weighted by molar-refractivity contribution is 5.76. The van der Waals surface area contributed by atoms with E-state index < -0.39 is 0 Å². The summed E-state index contributed by atoms with van der Waals surface area (Å²) in [5.74, 6) is 0.266. The zero-order valence-corrected chi connectivity index (χ0v) is 15.6. The second-order valence-electron chi connectivity index (χ2n) is 7.66. The van der Waals surface area contributed by atoms with Gasteiger partial charge >= 0.3 is 0 Å². The molecule has 138 valence electrons. The first-order valence-corrected chi connectivity index (χ1v) is 9.77. The molecule has 2 heterocycles. The zero-order valence-electron chi connectivity index (χ0n) is 15.6. The molecule has 0 saturated carbocycles. The van der Waals surface area contributed by atoms with E-state index in [0.29, 0.717) is 12.5 Å². The largest absolute Gasteiger partial charge is 0.341 e. The van der Waals surface area contributed by atoms with E-state index in [0.717, 1.165) is 45.4 Å². The van der Waals surface area contributed by atoms with Crippen molar-refractivity contribution < 1.29 is 4.79 Å². The van der Waals surface area contributed by atoms with Crippen molar-refractivity contribution in [3.63, 3.8) is 0 Å². The van der Waals surface area contributed by atoms with Crippen LogP contribution in [0.15, 0.2) is 43.0 Å². The second kappa shape index (κ2) is 7.62. The molecule has 5 nitrogen and oxygen atoms in total. The average molecular weight is 352 g/mol. The number of carbonyl (C=O) groups is 1. The van der Waals surface area contributed by atoms with E-state index in [1.54, 1.807) is 12.5 Å². The first kappa shape index (κ1) is 17.3. The molecule has 0 radical (unpaired) electrons. The van der Waals surface area contributed by atoms with Crippen molar-refractivity contribution in [1.82, 2.24) is 19.4 Å². The van der Waals surface area contributed by atoms with Crippen LogP contribution in [0, 0.1) is 0 Å². The van der Waals surface area contributed by atoms with Crippen molar-refractivity contribution in [2.75, 3.05) is 26.2 Å². The maximum absolute atomic E-state index is 12.7.